The van der Waals surface area contributed by atoms with Crippen LogP contribution in [0.25, 0.3) is 0 Å². The Morgan fingerprint density at radius 3 is 2.43 bits per heavy atom. The third-order valence-corrected chi connectivity index (χ3v) is 5.85. The van der Waals surface area contributed by atoms with Gasteiger partial charge in [0.15, 0.2) is 5.15 Å². The molecule has 21 heavy (non-hydrogen) atoms. The molecular weight excluding hydrogens is 467 g/mol. The molecule has 0 unspecified atom stereocenters. The summed E-state index contributed by atoms with van der Waals surface area (Å²) in [6, 6.07) is 6.28. The highest BCUT2D eigenvalue weighted by Crippen LogP contribution is 2.31. The van der Waals surface area contributed by atoms with Gasteiger partial charge in [0.2, 0.25) is 0 Å². The van der Waals surface area contributed by atoms with Crippen LogP contribution in [-0.4, -0.2) is 13.4 Å². The average Bonchev–Trinajstić information content (AvgIpc) is 2.33. The molecular formula is C12H8Br2Cl2N2O2S. The number of aromatic nitrogens is 1. The quantitative estimate of drug-likeness (QED) is 0.635. The molecule has 1 heterocycles. The summed E-state index contributed by atoms with van der Waals surface area (Å²) in [7, 11) is -3.80. The molecule has 0 bridgehead atoms. The number of nitrogens with zero attached hydrogens (tertiary/aromatic N) is 1. The number of benzene rings is 1. The molecule has 0 aliphatic heterocycles. The predicted octanol–water partition coefficient (Wildman–Crippen LogP) is 5.02. The molecule has 0 aliphatic carbocycles. The van der Waals surface area contributed by atoms with Gasteiger partial charge in [-0.15, -0.1) is 0 Å². The third kappa shape index (κ3) is 3.90. The lowest BCUT2D eigenvalue weighted by Gasteiger charge is -2.13. The summed E-state index contributed by atoms with van der Waals surface area (Å²) in [4.78, 5) is 3.93. The van der Waals surface area contributed by atoms with Crippen LogP contribution < -0.4 is 4.72 Å². The maximum absolute atomic E-state index is 12.4. The molecule has 0 amide bonds. The van der Waals surface area contributed by atoms with Crippen LogP contribution in [-0.2, 0) is 10.0 Å². The van der Waals surface area contributed by atoms with Crippen molar-refractivity contribution in [3.63, 3.8) is 0 Å². The number of rotatable bonds is 3. The van der Waals surface area contributed by atoms with Crippen LogP contribution in [0.2, 0.25) is 10.3 Å². The SMILES string of the molecule is Cc1cc(Cl)nc(Cl)c1NS(=O)(=O)c1ccc(Br)cc1Br. The molecule has 9 heteroatoms. The Labute approximate surface area is 149 Å². The lowest BCUT2D eigenvalue weighted by atomic mass is 10.3. The minimum absolute atomic E-state index is 0.00295. The first-order valence-electron chi connectivity index (χ1n) is 5.51. The second kappa shape index (κ2) is 6.42. The molecule has 2 aromatic rings. The number of halogens is 4. The minimum Gasteiger partial charge on any atom is -0.276 e. The molecule has 112 valence electrons. The number of sulfonamides is 1. The first kappa shape index (κ1) is 17.0. The van der Waals surface area contributed by atoms with Gasteiger partial charge in [0.1, 0.15) is 10.0 Å². The minimum atomic E-state index is -3.80. The second-order valence-electron chi connectivity index (χ2n) is 4.11. The molecule has 2 rings (SSSR count). The van der Waals surface area contributed by atoms with Crippen molar-refractivity contribution in [3.8, 4) is 0 Å². The van der Waals surface area contributed by atoms with E-state index in [-0.39, 0.29) is 20.9 Å². The molecule has 0 aliphatic rings. The van der Waals surface area contributed by atoms with Crippen LogP contribution in [0.15, 0.2) is 38.1 Å². The average molecular weight is 475 g/mol. The highest BCUT2D eigenvalue weighted by atomic mass is 79.9. The summed E-state index contributed by atoms with van der Waals surface area (Å²) in [6.45, 7) is 1.69. The molecule has 0 fully saturated rings. The largest absolute Gasteiger partial charge is 0.276 e. The summed E-state index contributed by atoms with van der Waals surface area (Å²) < 4.78 is 28.5. The van der Waals surface area contributed by atoms with Crippen LogP contribution in [0.4, 0.5) is 5.69 Å². The molecule has 0 spiro atoms. The number of nitrogens with one attached hydrogen (secondary N) is 1. The van der Waals surface area contributed by atoms with Crippen LogP contribution in [0.1, 0.15) is 5.56 Å². The molecule has 0 saturated carbocycles. The first-order valence-corrected chi connectivity index (χ1v) is 9.34. The highest BCUT2D eigenvalue weighted by Gasteiger charge is 2.21. The van der Waals surface area contributed by atoms with E-state index in [1.165, 1.54) is 12.1 Å². The fraction of sp³-hybridized carbons (Fsp3) is 0.0833. The standard InChI is InChI=1S/C12H8Br2Cl2N2O2S/c1-6-4-10(15)17-12(16)11(6)18-21(19,20)9-3-2-7(13)5-8(9)14/h2-5,18H,1H3. The normalized spacial score (nSPS) is 11.5. The van der Waals surface area contributed by atoms with Gasteiger partial charge >= 0.3 is 0 Å². The molecule has 1 aromatic heterocycles. The van der Waals surface area contributed by atoms with E-state index in [1.807, 2.05) is 0 Å². The molecule has 1 N–H and O–H groups in total. The molecule has 0 saturated heterocycles. The van der Waals surface area contributed by atoms with Gasteiger partial charge in [-0.1, -0.05) is 39.1 Å². The van der Waals surface area contributed by atoms with Crippen LogP contribution in [0.3, 0.4) is 0 Å². The van der Waals surface area contributed by atoms with Gasteiger partial charge in [0.05, 0.1) is 5.69 Å². The Balaban J connectivity index is 2.47. The highest BCUT2D eigenvalue weighted by molar-refractivity contribution is 9.11. The number of pyridine rings is 1. The van der Waals surface area contributed by atoms with Gasteiger partial charge in [0.25, 0.3) is 10.0 Å². The van der Waals surface area contributed by atoms with E-state index >= 15 is 0 Å². The van der Waals surface area contributed by atoms with E-state index in [1.54, 1.807) is 19.1 Å². The number of anilines is 1. The Bertz CT molecular complexity index is 790. The Hall–Kier alpha value is -0.340. The maximum Gasteiger partial charge on any atom is 0.263 e. The summed E-state index contributed by atoms with van der Waals surface area (Å²) in [5.41, 5.74) is 0.785. The molecule has 4 nitrogen and oxygen atoms in total. The maximum atomic E-state index is 12.4. The number of aryl methyl sites for hydroxylation is 1. The second-order valence-corrected chi connectivity index (χ2v) is 8.27. The van der Waals surface area contributed by atoms with Crippen LogP contribution in [0, 0.1) is 6.92 Å². The lowest BCUT2D eigenvalue weighted by molar-refractivity contribution is 0.600. The van der Waals surface area contributed by atoms with Crippen LogP contribution in [0.5, 0.6) is 0 Å². The van der Waals surface area contributed by atoms with E-state index in [2.05, 4.69) is 41.6 Å². The number of hydrogen-bond donors (Lipinski definition) is 1. The van der Waals surface area contributed by atoms with E-state index < -0.39 is 10.0 Å². The van der Waals surface area contributed by atoms with Gasteiger partial charge in [-0.05, 0) is 52.7 Å². The Kier molecular flexibility index (Phi) is 5.20. The predicted molar refractivity (Wildman–Crippen MR) is 91.6 cm³/mol. The van der Waals surface area contributed by atoms with Gasteiger partial charge in [-0.2, -0.15) is 0 Å². The zero-order valence-corrected chi connectivity index (χ0v) is 16.0. The van der Waals surface area contributed by atoms with Crippen molar-refractivity contribution < 1.29 is 8.42 Å². The first-order chi connectivity index (χ1) is 9.70. The van der Waals surface area contributed by atoms with E-state index in [9.17, 15) is 8.42 Å². The zero-order chi connectivity index (χ0) is 15.8. The topological polar surface area (TPSA) is 59.1 Å². The summed E-state index contributed by atoms with van der Waals surface area (Å²) >= 11 is 18.2. The summed E-state index contributed by atoms with van der Waals surface area (Å²) in [6.07, 6.45) is 0. The fourth-order valence-electron chi connectivity index (χ4n) is 1.60. The van der Waals surface area contributed by atoms with E-state index in [0.717, 1.165) is 4.47 Å². The third-order valence-electron chi connectivity index (χ3n) is 2.56. The lowest BCUT2D eigenvalue weighted by Crippen LogP contribution is -2.15. The van der Waals surface area contributed by atoms with Crippen molar-refractivity contribution >= 4 is 70.8 Å². The van der Waals surface area contributed by atoms with Gasteiger partial charge in [-0.25, -0.2) is 13.4 Å². The molecule has 1 aromatic carbocycles. The van der Waals surface area contributed by atoms with Crippen molar-refractivity contribution in [1.29, 1.82) is 0 Å². The van der Waals surface area contributed by atoms with E-state index in [0.29, 0.717) is 10.0 Å². The van der Waals surface area contributed by atoms with Gasteiger partial charge < -0.3 is 0 Å². The monoisotopic (exact) mass is 472 g/mol. The van der Waals surface area contributed by atoms with Crippen molar-refractivity contribution in [2.24, 2.45) is 0 Å². The summed E-state index contributed by atoms with van der Waals surface area (Å²) in [5.74, 6) is 0. The van der Waals surface area contributed by atoms with Crippen molar-refractivity contribution in [1.82, 2.24) is 4.98 Å². The Morgan fingerprint density at radius 2 is 1.86 bits per heavy atom. The number of hydrogen-bond acceptors (Lipinski definition) is 3. The zero-order valence-electron chi connectivity index (χ0n) is 10.5. The smallest absolute Gasteiger partial charge is 0.263 e. The van der Waals surface area contributed by atoms with Gasteiger partial charge in [-0.3, -0.25) is 4.72 Å². The van der Waals surface area contributed by atoms with E-state index in [4.69, 9.17) is 23.2 Å². The van der Waals surface area contributed by atoms with Crippen molar-refractivity contribution in [2.45, 2.75) is 11.8 Å². The fourth-order valence-corrected chi connectivity index (χ4v) is 5.12. The van der Waals surface area contributed by atoms with Crippen molar-refractivity contribution in [2.75, 3.05) is 4.72 Å². The molecule has 0 radical (unpaired) electrons. The van der Waals surface area contributed by atoms with Gasteiger partial charge in [0, 0.05) is 8.95 Å². The summed E-state index contributed by atoms with van der Waals surface area (Å²) in [5, 5.41) is 0.196. The van der Waals surface area contributed by atoms with Crippen molar-refractivity contribution in [3.05, 3.63) is 49.1 Å². The van der Waals surface area contributed by atoms with Crippen LogP contribution >= 0.6 is 55.1 Å². The molecule has 0 atom stereocenters. The Morgan fingerprint density at radius 1 is 1.19 bits per heavy atom.